The Hall–Kier alpha value is -0.730. The first-order chi connectivity index (χ1) is 9.73. The quantitative estimate of drug-likeness (QED) is 0.853. The molecule has 2 aromatic heterocycles. The molecule has 0 spiro atoms. The summed E-state index contributed by atoms with van der Waals surface area (Å²) in [5.41, 5.74) is 5.69. The van der Waals surface area contributed by atoms with Gasteiger partial charge in [0, 0.05) is 23.5 Å². The molecule has 5 nitrogen and oxygen atoms in total. The van der Waals surface area contributed by atoms with Gasteiger partial charge < -0.3 is 11.1 Å². The van der Waals surface area contributed by atoms with E-state index in [4.69, 9.17) is 5.73 Å². The number of carbonyl (C=O) groups is 1. The maximum Gasteiger partial charge on any atom is 0.271 e. The molecule has 22 heavy (non-hydrogen) atoms. The van der Waals surface area contributed by atoms with Crippen LogP contribution in [-0.2, 0) is 12.1 Å². The van der Waals surface area contributed by atoms with Crippen LogP contribution in [0.4, 0.5) is 0 Å². The number of hydrogen-bond donors (Lipinski definition) is 2. The summed E-state index contributed by atoms with van der Waals surface area (Å²) in [6.45, 7) is 0.371. The summed E-state index contributed by atoms with van der Waals surface area (Å²) < 4.78 is 0. The van der Waals surface area contributed by atoms with E-state index in [1.807, 2.05) is 5.38 Å². The van der Waals surface area contributed by atoms with Gasteiger partial charge >= 0.3 is 0 Å². The molecule has 0 atom stereocenters. The molecule has 0 bridgehead atoms. The van der Waals surface area contributed by atoms with Crippen LogP contribution < -0.4 is 11.1 Å². The molecule has 0 aliphatic heterocycles. The van der Waals surface area contributed by atoms with Gasteiger partial charge in [-0.15, -0.1) is 47.5 Å². The van der Waals surface area contributed by atoms with Crippen molar-refractivity contribution in [3.05, 3.63) is 32.7 Å². The SMILES string of the molecule is Cl.Cl.NCc1nc(C(=O)NC2(c3nccs3)CCCC2)cs1. The lowest BCUT2D eigenvalue weighted by molar-refractivity contribution is 0.0893. The van der Waals surface area contributed by atoms with E-state index in [0.29, 0.717) is 12.2 Å². The van der Waals surface area contributed by atoms with E-state index in [1.54, 1.807) is 22.9 Å². The molecule has 2 aromatic rings. The summed E-state index contributed by atoms with van der Waals surface area (Å²) in [4.78, 5) is 21.1. The van der Waals surface area contributed by atoms with E-state index < -0.39 is 0 Å². The van der Waals surface area contributed by atoms with Crippen LogP contribution in [0.1, 0.15) is 46.2 Å². The summed E-state index contributed by atoms with van der Waals surface area (Å²) in [5, 5.41) is 8.66. The molecule has 1 aliphatic rings. The number of carbonyl (C=O) groups excluding carboxylic acids is 1. The maximum atomic E-state index is 12.4. The molecular formula is C13H18Cl2N4OS2. The molecule has 0 aromatic carbocycles. The highest BCUT2D eigenvalue weighted by atomic mass is 35.5. The predicted octanol–water partition coefficient (Wildman–Crippen LogP) is 3.10. The van der Waals surface area contributed by atoms with Gasteiger partial charge in [0.1, 0.15) is 15.7 Å². The van der Waals surface area contributed by atoms with Crippen molar-refractivity contribution in [1.29, 1.82) is 0 Å². The number of aromatic nitrogens is 2. The second kappa shape index (κ2) is 8.21. The Morgan fingerprint density at radius 1 is 1.32 bits per heavy atom. The van der Waals surface area contributed by atoms with Gasteiger partial charge in [0.15, 0.2) is 0 Å². The van der Waals surface area contributed by atoms with Crippen molar-refractivity contribution in [3.8, 4) is 0 Å². The molecule has 0 unspecified atom stereocenters. The average Bonchev–Trinajstić information content (AvgIpc) is 3.19. The summed E-state index contributed by atoms with van der Waals surface area (Å²) in [5.74, 6) is -0.127. The number of amides is 1. The van der Waals surface area contributed by atoms with Crippen molar-refractivity contribution in [2.45, 2.75) is 37.8 Å². The minimum atomic E-state index is -0.308. The van der Waals surface area contributed by atoms with E-state index in [1.165, 1.54) is 11.3 Å². The van der Waals surface area contributed by atoms with Crippen molar-refractivity contribution in [2.75, 3.05) is 0 Å². The van der Waals surface area contributed by atoms with Crippen LogP contribution >= 0.6 is 47.5 Å². The Labute approximate surface area is 149 Å². The molecule has 1 aliphatic carbocycles. The van der Waals surface area contributed by atoms with Crippen LogP contribution in [0.15, 0.2) is 17.0 Å². The Kier molecular flexibility index (Phi) is 7.21. The van der Waals surface area contributed by atoms with Crippen LogP contribution in [0.25, 0.3) is 0 Å². The number of thiazole rings is 2. The predicted molar refractivity (Wildman–Crippen MR) is 94.2 cm³/mol. The third-order valence-corrected chi connectivity index (χ3v) is 5.46. The van der Waals surface area contributed by atoms with Crippen molar-refractivity contribution >= 4 is 53.4 Å². The maximum absolute atomic E-state index is 12.4. The fourth-order valence-corrected chi connectivity index (χ4v) is 4.13. The van der Waals surface area contributed by atoms with Crippen LogP contribution in [0.5, 0.6) is 0 Å². The zero-order valence-electron chi connectivity index (χ0n) is 11.8. The topological polar surface area (TPSA) is 80.9 Å². The highest BCUT2D eigenvalue weighted by molar-refractivity contribution is 7.10. The Morgan fingerprint density at radius 2 is 2.05 bits per heavy atom. The third-order valence-electron chi connectivity index (χ3n) is 3.61. The van der Waals surface area contributed by atoms with Crippen LogP contribution in [0.3, 0.4) is 0 Å². The minimum absolute atomic E-state index is 0. The van der Waals surface area contributed by atoms with Crippen molar-refractivity contribution in [2.24, 2.45) is 5.73 Å². The van der Waals surface area contributed by atoms with Crippen LogP contribution in [0, 0.1) is 0 Å². The summed E-state index contributed by atoms with van der Waals surface area (Å²) in [6, 6.07) is 0. The second-order valence-corrected chi connectivity index (χ2v) is 6.75. The van der Waals surface area contributed by atoms with E-state index in [0.717, 1.165) is 35.7 Å². The van der Waals surface area contributed by atoms with Gasteiger partial charge in [-0.05, 0) is 12.8 Å². The Balaban J connectivity index is 0.00000121. The second-order valence-electron chi connectivity index (χ2n) is 4.91. The summed E-state index contributed by atoms with van der Waals surface area (Å²) in [7, 11) is 0. The summed E-state index contributed by atoms with van der Waals surface area (Å²) in [6.07, 6.45) is 5.91. The number of nitrogens with one attached hydrogen (secondary N) is 1. The van der Waals surface area contributed by atoms with Gasteiger partial charge in [0.25, 0.3) is 5.91 Å². The molecular weight excluding hydrogens is 363 g/mol. The van der Waals surface area contributed by atoms with E-state index in [9.17, 15) is 4.79 Å². The number of rotatable bonds is 4. The van der Waals surface area contributed by atoms with Gasteiger partial charge in [-0.25, -0.2) is 9.97 Å². The standard InChI is InChI=1S/C13H16N4OS2.2ClH/c14-7-10-16-9(8-20-10)11(18)17-13(3-1-2-4-13)12-15-5-6-19-12;;/h5-6,8H,1-4,7,14H2,(H,17,18);2*1H. The Morgan fingerprint density at radius 3 is 2.59 bits per heavy atom. The van der Waals surface area contributed by atoms with Gasteiger partial charge in [-0.2, -0.15) is 0 Å². The van der Waals surface area contributed by atoms with Gasteiger partial charge in [-0.3, -0.25) is 4.79 Å². The molecule has 2 heterocycles. The lowest BCUT2D eigenvalue weighted by Gasteiger charge is -2.27. The van der Waals surface area contributed by atoms with Crippen molar-refractivity contribution in [1.82, 2.24) is 15.3 Å². The van der Waals surface area contributed by atoms with E-state index in [-0.39, 0.29) is 36.3 Å². The van der Waals surface area contributed by atoms with Crippen LogP contribution in [0.2, 0.25) is 0 Å². The lowest BCUT2D eigenvalue weighted by atomic mass is 9.98. The van der Waals surface area contributed by atoms with Crippen LogP contribution in [-0.4, -0.2) is 15.9 Å². The smallest absolute Gasteiger partial charge is 0.271 e. The first-order valence-electron chi connectivity index (χ1n) is 6.60. The fraction of sp³-hybridized carbons (Fsp3) is 0.462. The van der Waals surface area contributed by atoms with Gasteiger partial charge in [0.2, 0.25) is 0 Å². The van der Waals surface area contributed by atoms with E-state index >= 15 is 0 Å². The molecule has 1 amide bonds. The van der Waals surface area contributed by atoms with Crippen molar-refractivity contribution in [3.63, 3.8) is 0 Å². The molecule has 122 valence electrons. The van der Waals surface area contributed by atoms with Gasteiger partial charge in [0.05, 0.1) is 5.54 Å². The third kappa shape index (κ3) is 3.78. The van der Waals surface area contributed by atoms with Gasteiger partial charge in [-0.1, -0.05) is 12.8 Å². The fourth-order valence-electron chi connectivity index (χ4n) is 2.62. The molecule has 9 heteroatoms. The number of nitrogens with zero attached hydrogens (tertiary/aromatic N) is 2. The zero-order chi connectivity index (χ0) is 14.0. The molecule has 1 fully saturated rings. The monoisotopic (exact) mass is 380 g/mol. The number of hydrogen-bond acceptors (Lipinski definition) is 6. The molecule has 3 N–H and O–H groups in total. The molecule has 1 saturated carbocycles. The molecule has 0 saturated heterocycles. The first kappa shape index (κ1) is 19.3. The normalized spacial score (nSPS) is 15.7. The number of nitrogens with two attached hydrogens (primary N) is 1. The molecule has 0 radical (unpaired) electrons. The molecule has 3 rings (SSSR count). The van der Waals surface area contributed by atoms with Crippen molar-refractivity contribution < 1.29 is 4.79 Å². The lowest BCUT2D eigenvalue weighted by Crippen LogP contribution is -2.43. The number of halogens is 2. The first-order valence-corrected chi connectivity index (χ1v) is 8.36. The highest BCUT2D eigenvalue weighted by Gasteiger charge is 2.39. The minimum Gasteiger partial charge on any atom is -0.339 e. The zero-order valence-corrected chi connectivity index (χ0v) is 15.0. The average molecular weight is 381 g/mol. The largest absolute Gasteiger partial charge is 0.339 e. The summed E-state index contributed by atoms with van der Waals surface area (Å²) >= 11 is 3.02. The highest BCUT2D eigenvalue weighted by Crippen LogP contribution is 2.39. The Bertz CT molecular complexity index is 597. The van der Waals surface area contributed by atoms with E-state index in [2.05, 4.69) is 15.3 Å².